The molecule has 0 aliphatic carbocycles. The average Bonchev–Trinajstić information content (AvgIpc) is 2.26. The second-order valence-electron chi connectivity index (χ2n) is 5.75. The molecule has 20 heavy (non-hydrogen) atoms. The topological polar surface area (TPSA) is 69.4 Å². The van der Waals surface area contributed by atoms with Gasteiger partial charge in [-0.1, -0.05) is 22.0 Å². The largest absolute Gasteiger partial charge is 0.492 e. The first kappa shape index (κ1) is 17.5. The highest BCUT2D eigenvalue weighted by molar-refractivity contribution is 9.10. The third-order valence-electron chi connectivity index (χ3n) is 3.01. The molecule has 0 saturated carbocycles. The summed E-state index contributed by atoms with van der Waals surface area (Å²) >= 11 is 3.37. The zero-order valence-corrected chi connectivity index (χ0v) is 14.7. The van der Waals surface area contributed by atoms with Crippen LogP contribution in [0.2, 0.25) is 0 Å². The monoisotopic (exact) mass is 363 g/mol. The molecular weight excluding hydrogens is 342 g/mol. The molecule has 0 amide bonds. The first-order valence-corrected chi connectivity index (χ1v) is 8.89. The molecule has 1 atom stereocenters. The summed E-state index contributed by atoms with van der Waals surface area (Å²) in [5.41, 5.74) is 6.74. The summed E-state index contributed by atoms with van der Waals surface area (Å²) in [7, 11) is -3.18. The lowest BCUT2D eigenvalue weighted by Gasteiger charge is -2.20. The van der Waals surface area contributed by atoms with Crippen LogP contribution in [0, 0.1) is 0 Å². The van der Waals surface area contributed by atoms with Crippen LogP contribution in [0.15, 0.2) is 22.7 Å². The molecule has 0 heterocycles. The van der Waals surface area contributed by atoms with E-state index in [2.05, 4.69) is 15.9 Å². The molecule has 0 radical (unpaired) electrons. The summed E-state index contributed by atoms with van der Waals surface area (Å²) in [6.45, 7) is 7.05. The predicted molar refractivity (Wildman–Crippen MR) is 85.8 cm³/mol. The molecule has 1 aromatic rings. The maximum atomic E-state index is 12.0. The van der Waals surface area contributed by atoms with Crippen molar-refractivity contribution >= 4 is 25.8 Å². The lowest BCUT2D eigenvalue weighted by Crippen LogP contribution is -2.32. The zero-order chi connectivity index (χ0) is 15.6. The van der Waals surface area contributed by atoms with E-state index >= 15 is 0 Å². The van der Waals surface area contributed by atoms with Gasteiger partial charge in [0, 0.05) is 16.1 Å². The lowest BCUT2D eigenvalue weighted by atomic mass is 10.1. The summed E-state index contributed by atoms with van der Waals surface area (Å²) in [6, 6.07) is 5.40. The summed E-state index contributed by atoms with van der Waals surface area (Å²) in [4.78, 5) is 0. The van der Waals surface area contributed by atoms with E-state index in [4.69, 9.17) is 10.5 Å². The Kier molecular flexibility index (Phi) is 5.63. The smallest absolute Gasteiger partial charge is 0.158 e. The van der Waals surface area contributed by atoms with Gasteiger partial charge in [-0.15, -0.1) is 0 Å². The van der Waals surface area contributed by atoms with Gasteiger partial charge >= 0.3 is 0 Å². The standard InChI is InChI=1S/C14H22BrNO3S/c1-10(16)12-6-5-11(15)9-13(12)19-7-8-20(17,18)14(2,3)4/h5-6,9-10H,7-8,16H2,1-4H3/t10-/m1/s1. The van der Waals surface area contributed by atoms with E-state index in [9.17, 15) is 8.42 Å². The van der Waals surface area contributed by atoms with Crippen molar-refractivity contribution in [1.82, 2.24) is 0 Å². The lowest BCUT2D eigenvalue weighted by molar-refractivity contribution is 0.334. The van der Waals surface area contributed by atoms with E-state index in [0.29, 0.717) is 5.75 Å². The third kappa shape index (κ3) is 4.46. The Morgan fingerprint density at radius 2 is 1.95 bits per heavy atom. The number of hydrogen-bond acceptors (Lipinski definition) is 4. The second-order valence-corrected chi connectivity index (χ2v) is 9.53. The van der Waals surface area contributed by atoms with Crippen LogP contribution in [0.4, 0.5) is 0 Å². The molecule has 0 aliphatic rings. The number of hydrogen-bond donors (Lipinski definition) is 1. The van der Waals surface area contributed by atoms with Gasteiger partial charge in [0.15, 0.2) is 9.84 Å². The Morgan fingerprint density at radius 1 is 1.35 bits per heavy atom. The molecule has 0 aromatic heterocycles. The van der Waals surface area contributed by atoms with E-state index < -0.39 is 14.6 Å². The van der Waals surface area contributed by atoms with Crippen molar-refractivity contribution in [3.63, 3.8) is 0 Å². The van der Waals surface area contributed by atoms with Gasteiger partial charge in [-0.2, -0.15) is 0 Å². The van der Waals surface area contributed by atoms with Crippen LogP contribution >= 0.6 is 15.9 Å². The van der Waals surface area contributed by atoms with Crippen molar-refractivity contribution in [3.8, 4) is 5.75 Å². The Bertz CT molecular complexity index is 562. The minimum Gasteiger partial charge on any atom is -0.492 e. The molecule has 1 rings (SSSR count). The molecule has 0 unspecified atom stereocenters. The van der Waals surface area contributed by atoms with Crippen LogP contribution in [-0.2, 0) is 9.84 Å². The minimum absolute atomic E-state index is 0.0125. The Hall–Kier alpha value is -0.590. The number of benzene rings is 1. The Labute approximate surface area is 129 Å². The summed E-state index contributed by atoms with van der Waals surface area (Å²) in [6.07, 6.45) is 0. The number of sulfone groups is 1. The van der Waals surface area contributed by atoms with E-state index in [0.717, 1.165) is 10.0 Å². The van der Waals surface area contributed by atoms with Crippen LogP contribution in [0.25, 0.3) is 0 Å². The molecule has 1 aromatic carbocycles. The van der Waals surface area contributed by atoms with Crippen LogP contribution < -0.4 is 10.5 Å². The minimum atomic E-state index is -3.18. The van der Waals surface area contributed by atoms with Crippen LogP contribution in [0.3, 0.4) is 0 Å². The van der Waals surface area contributed by atoms with Gasteiger partial charge in [0.25, 0.3) is 0 Å². The van der Waals surface area contributed by atoms with E-state index in [1.54, 1.807) is 20.8 Å². The summed E-state index contributed by atoms with van der Waals surface area (Å²) < 4.78 is 29.8. The summed E-state index contributed by atoms with van der Waals surface area (Å²) in [5.74, 6) is 0.611. The molecule has 114 valence electrons. The SMILES string of the molecule is C[C@@H](N)c1ccc(Br)cc1OCCS(=O)(=O)C(C)(C)C. The van der Waals surface area contributed by atoms with E-state index in [-0.39, 0.29) is 18.4 Å². The quantitative estimate of drug-likeness (QED) is 0.872. The first-order valence-electron chi connectivity index (χ1n) is 6.45. The second kappa shape index (κ2) is 6.45. The van der Waals surface area contributed by atoms with Crippen molar-refractivity contribution in [3.05, 3.63) is 28.2 Å². The van der Waals surface area contributed by atoms with Gasteiger partial charge in [-0.05, 0) is 39.8 Å². The van der Waals surface area contributed by atoms with Gasteiger partial charge in [-0.3, -0.25) is 0 Å². The van der Waals surface area contributed by atoms with Gasteiger partial charge in [0.05, 0.1) is 10.5 Å². The Morgan fingerprint density at radius 3 is 2.45 bits per heavy atom. The molecule has 0 saturated heterocycles. The summed E-state index contributed by atoms with van der Waals surface area (Å²) in [5, 5.41) is 0. The number of nitrogens with two attached hydrogens (primary N) is 1. The molecular formula is C14H22BrNO3S. The molecule has 2 N–H and O–H groups in total. The van der Waals surface area contributed by atoms with E-state index in [1.165, 1.54) is 0 Å². The zero-order valence-electron chi connectivity index (χ0n) is 12.3. The Balaban J connectivity index is 2.79. The highest BCUT2D eigenvalue weighted by atomic mass is 79.9. The third-order valence-corrected chi connectivity index (χ3v) is 6.07. The maximum Gasteiger partial charge on any atom is 0.158 e. The van der Waals surface area contributed by atoms with Crippen molar-refractivity contribution in [2.45, 2.75) is 38.5 Å². The van der Waals surface area contributed by atoms with Crippen molar-refractivity contribution in [2.24, 2.45) is 5.73 Å². The average molecular weight is 364 g/mol. The van der Waals surface area contributed by atoms with Crippen LogP contribution in [-0.4, -0.2) is 25.5 Å². The molecule has 0 bridgehead atoms. The number of halogens is 1. The van der Waals surface area contributed by atoms with Crippen molar-refractivity contribution in [2.75, 3.05) is 12.4 Å². The van der Waals surface area contributed by atoms with Gasteiger partial charge in [0.2, 0.25) is 0 Å². The van der Waals surface area contributed by atoms with Gasteiger partial charge in [0.1, 0.15) is 12.4 Å². The van der Waals surface area contributed by atoms with E-state index in [1.807, 2.05) is 25.1 Å². The molecule has 0 aliphatic heterocycles. The van der Waals surface area contributed by atoms with Crippen molar-refractivity contribution in [1.29, 1.82) is 0 Å². The molecule has 4 nitrogen and oxygen atoms in total. The first-order chi connectivity index (χ1) is 9.04. The molecule has 0 fully saturated rings. The predicted octanol–water partition coefficient (Wildman–Crippen LogP) is 3.06. The highest BCUT2D eigenvalue weighted by Crippen LogP contribution is 2.28. The molecule has 6 heteroatoms. The highest BCUT2D eigenvalue weighted by Gasteiger charge is 2.28. The fourth-order valence-corrected chi connectivity index (χ4v) is 2.83. The normalized spacial score (nSPS) is 14.1. The van der Waals surface area contributed by atoms with Crippen molar-refractivity contribution < 1.29 is 13.2 Å². The van der Waals surface area contributed by atoms with Crippen LogP contribution in [0.1, 0.15) is 39.3 Å². The number of rotatable bonds is 5. The number of ether oxygens (including phenoxy) is 1. The fraction of sp³-hybridized carbons (Fsp3) is 0.571. The van der Waals surface area contributed by atoms with Gasteiger partial charge in [-0.25, -0.2) is 8.42 Å². The maximum absolute atomic E-state index is 12.0. The van der Waals surface area contributed by atoms with Gasteiger partial charge < -0.3 is 10.5 Å². The van der Waals surface area contributed by atoms with Crippen LogP contribution in [0.5, 0.6) is 5.75 Å². The molecule has 0 spiro atoms. The fourth-order valence-electron chi connectivity index (χ4n) is 1.58.